The lowest BCUT2D eigenvalue weighted by Crippen LogP contribution is -2.28. The second kappa shape index (κ2) is 7.21. The molecule has 2 aromatic heterocycles. The predicted octanol–water partition coefficient (Wildman–Crippen LogP) is 4.06. The van der Waals surface area contributed by atoms with E-state index in [1.807, 2.05) is 31.2 Å². The van der Waals surface area contributed by atoms with Crippen molar-refractivity contribution in [3.8, 4) is 22.3 Å². The molecule has 0 aliphatic carbocycles. The first-order chi connectivity index (χ1) is 12.7. The molecule has 1 N–H and O–H groups in total. The van der Waals surface area contributed by atoms with Crippen molar-refractivity contribution in [2.75, 3.05) is 13.2 Å². The van der Waals surface area contributed by atoms with Crippen LogP contribution in [-0.4, -0.2) is 24.1 Å². The Hall–Kier alpha value is -2.80. The van der Waals surface area contributed by atoms with Crippen LogP contribution in [0, 0.1) is 0 Å². The van der Waals surface area contributed by atoms with Gasteiger partial charge in [-0.3, -0.25) is 4.79 Å². The number of hydrogen-bond donors (Lipinski definition) is 1. The van der Waals surface area contributed by atoms with E-state index in [1.54, 1.807) is 17.7 Å². The maximum absolute atomic E-state index is 12.6. The summed E-state index contributed by atoms with van der Waals surface area (Å²) in [5.41, 5.74) is 1.36. The zero-order valence-electron chi connectivity index (χ0n) is 14.2. The Labute approximate surface area is 154 Å². The molecule has 6 nitrogen and oxygen atoms in total. The van der Waals surface area contributed by atoms with E-state index in [2.05, 4.69) is 10.3 Å². The zero-order valence-corrected chi connectivity index (χ0v) is 15.0. The Balaban J connectivity index is 1.50. The number of aromatic nitrogens is 1. The number of amides is 1. The fourth-order valence-electron chi connectivity index (χ4n) is 2.82. The molecular weight excluding hydrogens is 352 g/mol. The summed E-state index contributed by atoms with van der Waals surface area (Å²) < 4.78 is 16.5. The predicted molar refractivity (Wildman–Crippen MR) is 97.7 cm³/mol. The van der Waals surface area contributed by atoms with E-state index < -0.39 is 0 Å². The van der Waals surface area contributed by atoms with Gasteiger partial charge in [-0.2, -0.15) is 0 Å². The highest BCUT2D eigenvalue weighted by Gasteiger charge is 2.20. The number of thiazole rings is 1. The molecule has 4 rings (SSSR count). The summed E-state index contributed by atoms with van der Waals surface area (Å²) in [5, 5.41) is 5.47. The highest BCUT2D eigenvalue weighted by atomic mass is 32.1. The number of rotatable bonds is 5. The van der Waals surface area contributed by atoms with Gasteiger partial charge in [0.1, 0.15) is 18.9 Å². The van der Waals surface area contributed by atoms with Crippen molar-refractivity contribution in [3.63, 3.8) is 0 Å². The van der Waals surface area contributed by atoms with E-state index >= 15 is 0 Å². The molecule has 0 bridgehead atoms. The third kappa shape index (κ3) is 3.30. The first kappa shape index (κ1) is 16.7. The van der Waals surface area contributed by atoms with Gasteiger partial charge in [0.25, 0.3) is 5.91 Å². The minimum absolute atomic E-state index is 0.132. The second-order valence-corrected chi connectivity index (χ2v) is 6.71. The molecule has 0 spiro atoms. The van der Waals surface area contributed by atoms with Crippen molar-refractivity contribution in [2.45, 2.75) is 19.4 Å². The van der Waals surface area contributed by atoms with Gasteiger partial charge in [0.2, 0.25) is 0 Å². The summed E-state index contributed by atoms with van der Waals surface area (Å²) in [7, 11) is 0. The maximum Gasteiger partial charge on any atom is 0.271 e. The van der Waals surface area contributed by atoms with Crippen LogP contribution < -0.4 is 14.8 Å². The molecule has 0 fully saturated rings. The van der Waals surface area contributed by atoms with Crippen molar-refractivity contribution in [1.29, 1.82) is 0 Å². The summed E-state index contributed by atoms with van der Waals surface area (Å²) in [4.78, 5) is 17.0. The zero-order chi connectivity index (χ0) is 17.9. The van der Waals surface area contributed by atoms with Crippen LogP contribution in [0.1, 0.15) is 35.4 Å². The monoisotopic (exact) mass is 370 g/mol. The number of nitrogens with zero attached hydrogens (tertiary/aromatic N) is 1. The van der Waals surface area contributed by atoms with E-state index in [1.165, 1.54) is 11.3 Å². The quantitative estimate of drug-likeness (QED) is 0.733. The lowest BCUT2D eigenvalue weighted by molar-refractivity contribution is 0.0931. The minimum atomic E-state index is -0.208. The molecule has 1 unspecified atom stereocenters. The third-order valence-corrected chi connectivity index (χ3v) is 5.01. The Kier molecular flexibility index (Phi) is 4.62. The first-order valence-corrected chi connectivity index (χ1v) is 9.32. The van der Waals surface area contributed by atoms with Crippen LogP contribution in [0.3, 0.4) is 0 Å². The molecule has 0 saturated carbocycles. The first-order valence-electron chi connectivity index (χ1n) is 8.44. The largest absolute Gasteiger partial charge is 0.486 e. The van der Waals surface area contributed by atoms with Crippen LogP contribution in [0.5, 0.6) is 11.5 Å². The number of hydrogen-bond acceptors (Lipinski definition) is 6. The molecule has 1 aliphatic rings. The molecule has 3 aromatic rings. The molecule has 1 amide bonds. The topological polar surface area (TPSA) is 73.6 Å². The molecule has 3 heterocycles. The van der Waals surface area contributed by atoms with Crippen LogP contribution in [0.2, 0.25) is 0 Å². The maximum atomic E-state index is 12.6. The van der Waals surface area contributed by atoms with Crippen LogP contribution in [0.25, 0.3) is 10.8 Å². The SMILES string of the molecule is CCC(NC(=O)c1csc(-c2ccco2)n1)c1ccc2c(c1)OCCO2. The fourth-order valence-corrected chi connectivity index (χ4v) is 3.59. The molecule has 26 heavy (non-hydrogen) atoms. The van der Waals surface area contributed by atoms with Crippen LogP contribution >= 0.6 is 11.3 Å². The highest BCUT2D eigenvalue weighted by molar-refractivity contribution is 7.13. The van der Waals surface area contributed by atoms with Crippen molar-refractivity contribution >= 4 is 17.2 Å². The van der Waals surface area contributed by atoms with Gasteiger partial charge in [0, 0.05) is 5.38 Å². The summed E-state index contributed by atoms with van der Waals surface area (Å²) >= 11 is 1.38. The average Bonchev–Trinajstić information content (AvgIpc) is 3.36. The Morgan fingerprint density at radius 3 is 2.88 bits per heavy atom. The van der Waals surface area contributed by atoms with Gasteiger partial charge in [0.05, 0.1) is 12.3 Å². The van der Waals surface area contributed by atoms with Crippen molar-refractivity contribution in [3.05, 3.63) is 53.2 Å². The Bertz CT molecular complexity index is 904. The van der Waals surface area contributed by atoms with Gasteiger partial charge in [-0.25, -0.2) is 4.98 Å². The van der Waals surface area contributed by atoms with E-state index in [9.17, 15) is 4.79 Å². The van der Waals surface area contributed by atoms with E-state index in [-0.39, 0.29) is 11.9 Å². The average molecular weight is 370 g/mol. The van der Waals surface area contributed by atoms with Gasteiger partial charge >= 0.3 is 0 Å². The van der Waals surface area contributed by atoms with E-state index in [0.717, 1.165) is 23.5 Å². The van der Waals surface area contributed by atoms with Crippen LogP contribution in [0.15, 0.2) is 46.4 Å². The molecular formula is C19H18N2O4S. The van der Waals surface area contributed by atoms with Crippen LogP contribution in [-0.2, 0) is 0 Å². The number of nitrogens with one attached hydrogen (secondary N) is 1. The molecule has 134 valence electrons. The normalized spacial score (nSPS) is 14.0. The third-order valence-electron chi connectivity index (χ3n) is 4.15. The lowest BCUT2D eigenvalue weighted by Gasteiger charge is -2.22. The van der Waals surface area contributed by atoms with Crippen molar-refractivity contribution < 1.29 is 18.7 Å². The molecule has 1 atom stereocenters. The number of fused-ring (bicyclic) bond motifs is 1. The van der Waals surface area contributed by atoms with Gasteiger partial charge in [-0.15, -0.1) is 11.3 Å². The Morgan fingerprint density at radius 2 is 2.12 bits per heavy atom. The summed E-state index contributed by atoms with van der Waals surface area (Å²) in [5.74, 6) is 1.91. The van der Waals surface area contributed by atoms with E-state index in [0.29, 0.717) is 29.7 Å². The number of ether oxygens (including phenoxy) is 2. The molecule has 1 aromatic carbocycles. The molecule has 1 aliphatic heterocycles. The van der Waals surface area contributed by atoms with Crippen LogP contribution in [0.4, 0.5) is 0 Å². The molecule has 0 saturated heterocycles. The Morgan fingerprint density at radius 1 is 1.27 bits per heavy atom. The highest BCUT2D eigenvalue weighted by Crippen LogP contribution is 2.33. The number of carbonyl (C=O) groups is 1. The fraction of sp³-hybridized carbons (Fsp3) is 0.263. The van der Waals surface area contributed by atoms with Gasteiger partial charge in [-0.1, -0.05) is 13.0 Å². The summed E-state index contributed by atoms with van der Waals surface area (Å²) in [6.07, 6.45) is 2.34. The number of benzene rings is 1. The van der Waals surface area contributed by atoms with Crippen molar-refractivity contribution in [1.82, 2.24) is 10.3 Å². The van der Waals surface area contributed by atoms with Gasteiger partial charge < -0.3 is 19.2 Å². The van der Waals surface area contributed by atoms with E-state index in [4.69, 9.17) is 13.9 Å². The minimum Gasteiger partial charge on any atom is -0.486 e. The van der Waals surface area contributed by atoms with Gasteiger partial charge in [-0.05, 0) is 36.2 Å². The molecule has 0 radical (unpaired) electrons. The summed E-state index contributed by atoms with van der Waals surface area (Å²) in [6, 6.07) is 9.26. The van der Waals surface area contributed by atoms with Gasteiger partial charge in [0.15, 0.2) is 22.3 Å². The smallest absolute Gasteiger partial charge is 0.271 e. The van der Waals surface area contributed by atoms with Crippen molar-refractivity contribution in [2.24, 2.45) is 0 Å². The number of furan rings is 1. The number of carbonyl (C=O) groups excluding carboxylic acids is 1. The lowest BCUT2D eigenvalue weighted by atomic mass is 10.0. The summed E-state index contributed by atoms with van der Waals surface area (Å²) in [6.45, 7) is 3.12. The molecule has 7 heteroatoms. The standard InChI is InChI=1S/C19H18N2O4S/c1-2-13(12-5-6-15-17(10-12)25-9-8-24-15)20-18(22)14-11-26-19(21-14)16-4-3-7-23-16/h3-7,10-11,13H,2,8-9H2,1H3,(H,20,22). The second-order valence-electron chi connectivity index (χ2n) is 5.85.